The number of methoxy groups -OCH3 is 1. The molecule has 0 aliphatic carbocycles. The Balaban J connectivity index is 1.54. The monoisotopic (exact) mass is 366 g/mol. The van der Waals surface area contributed by atoms with Crippen molar-refractivity contribution < 1.29 is 18.6 Å². The van der Waals surface area contributed by atoms with Crippen LogP contribution in [0.5, 0.6) is 5.75 Å². The highest BCUT2D eigenvalue weighted by atomic mass is 28.4. The van der Waals surface area contributed by atoms with Crippen molar-refractivity contribution >= 4 is 8.32 Å². The van der Waals surface area contributed by atoms with Gasteiger partial charge >= 0.3 is 0 Å². The molecule has 0 N–H and O–H groups in total. The Bertz CT molecular complexity index is 521. The van der Waals surface area contributed by atoms with Gasteiger partial charge in [0, 0.05) is 6.61 Å². The van der Waals surface area contributed by atoms with Crippen LogP contribution in [0.15, 0.2) is 24.3 Å². The Hall–Kier alpha value is -0.883. The molecule has 4 nitrogen and oxygen atoms in total. The molecule has 1 fully saturated rings. The van der Waals surface area contributed by atoms with E-state index >= 15 is 0 Å². The van der Waals surface area contributed by atoms with Crippen molar-refractivity contribution in [2.24, 2.45) is 0 Å². The van der Waals surface area contributed by atoms with E-state index in [1.165, 1.54) is 5.56 Å². The van der Waals surface area contributed by atoms with Crippen LogP contribution < -0.4 is 4.74 Å². The van der Waals surface area contributed by atoms with Crippen molar-refractivity contribution in [3.63, 3.8) is 0 Å². The van der Waals surface area contributed by atoms with Gasteiger partial charge in [0.2, 0.25) is 0 Å². The molecule has 0 radical (unpaired) electrons. The fraction of sp³-hybridized carbons (Fsp3) is 0.700. The Morgan fingerprint density at radius 2 is 1.76 bits per heavy atom. The highest BCUT2D eigenvalue weighted by Crippen LogP contribution is 2.38. The molecule has 0 saturated carbocycles. The highest BCUT2D eigenvalue weighted by Gasteiger charge is 2.43. The summed E-state index contributed by atoms with van der Waals surface area (Å²) in [5, 5.41) is 0.257. The van der Waals surface area contributed by atoms with E-state index in [2.05, 4.69) is 33.9 Å². The largest absolute Gasteiger partial charge is 0.497 e. The normalized spacial score (nSPS) is 20.6. The van der Waals surface area contributed by atoms with Crippen molar-refractivity contribution in [1.82, 2.24) is 0 Å². The molecule has 1 aliphatic heterocycles. The van der Waals surface area contributed by atoms with E-state index in [0.717, 1.165) is 31.8 Å². The van der Waals surface area contributed by atoms with Gasteiger partial charge in [-0.3, -0.25) is 0 Å². The molecule has 0 amide bonds. The summed E-state index contributed by atoms with van der Waals surface area (Å²) in [7, 11) is 0.0174. The average Bonchev–Trinajstić information content (AvgIpc) is 3.31. The summed E-state index contributed by atoms with van der Waals surface area (Å²) >= 11 is 0. The highest BCUT2D eigenvalue weighted by molar-refractivity contribution is 6.74. The molecule has 1 saturated heterocycles. The fourth-order valence-corrected chi connectivity index (χ4v) is 3.40. The van der Waals surface area contributed by atoms with Crippen LogP contribution in [0.3, 0.4) is 0 Å². The molecule has 0 aromatic heterocycles. The second-order valence-electron chi connectivity index (χ2n) is 8.33. The molecule has 1 aliphatic rings. The second kappa shape index (κ2) is 8.67. The van der Waals surface area contributed by atoms with E-state index in [0.29, 0.717) is 12.7 Å². The van der Waals surface area contributed by atoms with E-state index in [4.69, 9.17) is 18.6 Å². The first-order chi connectivity index (χ1) is 11.7. The maximum absolute atomic E-state index is 6.22. The first kappa shape index (κ1) is 20.4. The van der Waals surface area contributed by atoms with Crippen LogP contribution in [-0.2, 0) is 20.5 Å². The fourth-order valence-electron chi connectivity index (χ4n) is 2.39. The van der Waals surface area contributed by atoms with Crippen molar-refractivity contribution in [2.75, 3.05) is 20.3 Å². The number of hydrogen-bond donors (Lipinski definition) is 0. The number of epoxide rings is 1. The van der Waals surface area contributed by atoms with Crippen LogP contribution in [0.1, 0.15) is 39.2 Å². The van der Waals surface area contributed by atoms with Crippen LogP contribution in [-0.4, -0.2) is 40.8 Å². The Morgan fingerprint density at radius 1 is 1.08 bits per heavy atom. The molecule has 142 valence electrons. The summed E-state index contributed by atoms with van der Waals surface area (Å²) in [5.74, 6) is 0.876. The Labute approximate surface area is 153 Å². The first-order valence-corrected chi connectivity index (χ1v) is 12.1. The molecule has 1 aromatic rings. The van der Waals surface area contributed by atoms with Gasteiger partial charge in [0.05, 0.1) is 26.4 Å². The van der Waals surface area contributed by atoms with Gasteiger partial charge in [-0.1, -0.05) is 32.9 Å². The predicted octanol–water partition coefficient (Wildman–Crippen LogP) is 4.78. The Morgan fingerprint density at radius 3 is 2.36 bits per heavy atom. The number of benzene rings is 1. The van der Waals surface area contributed by atoms with Gasteiger partial charge in [0.25, 0.3) is 0 Å². The first-order valence-electron chi connectivity index (χ1n) is 9.23. The third-order valence-electron chi connectivity index (χ3n) is 5.31. The molecule has 1 heterocycles. The van der Waals surface area contributed by atoms with Gasteiger partial charge < -0.3 is 18.6 Å². The van der Waals surface area contributed by atoms with Gasteiger partial charge in [-0.2, -0.15) is 0 Å². The van der Waals surface area contributed by atoms with Crippen molar-refractivity contribution in [3.05, 3.63) is 29.8 Å². The van der Waals surface area contributed by atoms with E-state index in [-0.39, 0.29) is 11.1 Å². The number of ether oxygens (including phenoxy) is 3. The van der Waals surface area contributed by atoms with Crippen LogP contribution in [0.25, 0.3) is 0 Å². The summed E-state index contributed by atoms with van der Waals surface area (Å²) in [5.41, 5.74) is 1.17. The zero-order valence-electron chi connectivity index (χ0n) is 16.6. The van der Waals surface area contributed by atoms with Crippen molar-refractivity contribution in [2.45, 2.75) is 70.6 Å². The van der Waals surface area contributed by atoms with Crippen molar-refractivity contribution in [1.29, 1.82) is 0 Å². The topological polar surface area (TPSA) is 40.2 Å². The third-order valence-corrected chi connectivity index (χ3v) is 9.81. The van der Waals surface area contributed by atoms with Crippen LogP contribution in [0, 0.1) is 0 Å². The molecule has 5 heteroatoms. The molecule has 2 rings (SSSR count). The summed E-state index contributed by atoms with van der Waals surface area (Å²) in [6.45, 7) is 13.5. The van der Waals surface area contributed by atoms with Crippen LogP contribution >= 0.6 is 0 Å². The van der Waals surface area contributed by atoms with Gasteiger partial charge in [-0.15, -0.1) is 0 Å². The number of rotatable bonds is 10. The smallest absolute Gasteiger partial charge is 0.192 e. The summed E-state index contributed by atoms with van der Waals surface area (Å²) in [6, 6.07) is 8.00. The van der Waals surface area contributed by atoms with E-state index in [1.54, 1.807) is 7.11 Å². The van der Waals surface area contributed by atoms with Gasteiger partial charge in [0.1, 0.15) is 11.9 Å². The van der Waals surface area contributed by atoms with Crippen LogP contribution in [0.2, 0.25) is 18.1 Å². The SMILES string of the molecule is COc1ccc(COCCC[C@H]2O[C@@H]2CO[Si](C)(C)C(C)(C)C)cc1. The van der Waals surface area contributed by atoms with Gasteiger partial charge in [0.15, 0.2) is 8.32 Å². The van der Waals surface area contributed by atoms with E-state index < -0.39 is 8.32 Å². The lowest BCUT2D eigenvalue weighted by Gasteiger charge is -2.36. The zero-order valence-corrected chi connectivity index (χ0v) is 17.6. The molecular formula is C20H34O4Si. The van der Waals surface area contributed by atoms with E-state index in [1.807, 2.05) is 24.3 Å². The minimum absolute atomic E-state index is 0.257. The second-order valence-corrected chi connectivity index (χ2v) is 13.1. The van der Waals surface area contributed by atoms with Crippen LogP contribution in [0.4, 0.5) is 0 Å². The number of hydrogen-bond acceptors (Lipinski definition) is 4. The Kier molecular flexibility index (Phi) is 7.08. The quantitative estimate of drug-likeness (QED) is 0.339. The molecule has 1 aromatic carbocycles. The maximum Gasteiger partial charge on any atom is 0.192 e. The predicted molar refractivity (Wildman–Crippen MR) is 104 cm³/mol. The molecular weight excluding hydrogens is 332 g/mol. The zero-order chi connectivity index (χ0) is 18.5. The van der Waals surface area contributed by atoms with Gasteiger partial charge in [-0.25, -0.2) is 0 Å². The molecule has 0 bridgehead atoms. The standard InChI is InChI=1S/C20H34O4Si/c1-20(2,3)25(5,6)23-15-19-18(24-19)8-7-13-22-14-16-9-11-17(21-4)12-10-16/h9-12,18-19H,7-8,13-15H2,1-6H3/t18-,19-/m1/s1. The molecule has 25 heavy (non-hydrogen) atoms. The summed E-state index contributed by atoms with van der Waals surface area (Å²) in [4.78, 5) is 0. The minimum atomic E-state index is -1.66. The van der Waals surface area contributed by atoms with Gasteiger partial charge in [-0.05, 0) is 48.7 Å². The molecule has 0 unspecified atom stereocenters. The van der Waals surface area contributed by atoms with Crippen molar-refractivity contribution in [3.8, 4) is 5.75 Å². The summed E-state index contributed by atoms with van der Waals surface area (Å²) < 4.78 is 22.9. The molecule has 2 atom stereocenters. The van der Waals surface area contributed by atoms with E-state index in [9.17, 15) is 0 Å². The lowest BCUT2D eigenvalue weighted by molar-refractivity contribution is 0.115. The molecule has 0 spiro atoms. The summed E-state index contributed by atoms with van der Waals surface area (Å²) in [6.07, 6.45) is 2.72. The minimum Gasteiger partial charge on any atom is -0.497 e. The average molecular weight is 367 g/mol. The lowest BCUT2D eigenvalue weighted by Crippen LogP contribution is -2.41. The third kappa shape index (κ3) is 6.41. The lowest BCUT2D eigenvalue weighted by atomic mass is 10.2. The maximum atomic E-state index is 6.22.